The molecule has 0 amide bonds. The van der Waals surface area contributed by atoms with Crippen molar-refractivity contribution in [2.45, 2.75) is 32.2 Å². The number of halogens is 4. The van der Waals surface area contributed by atoms with Crippen molar-refractivity contribution in [2.75, 3.05) is 5.32 Å². The van der Waals surface area contributed by atoms with Crippen LogP contribution in [0.25, 0.3) is 5.70 Å². The number of benzene rings is 2. The summed E-state index contributed by atoms with van der Waals surface area (Å²) >= 11 is 6.16. The highest BCUT2D eigenvalue weighted by Crippen LogP contribution is 2.34. The number of anilines is 1. The first kappa shape index (κ1) is 21.8. The van der Waals surface area contributed by atoms with Crippen LogP contribution in [0, 0.1) is 5.41 Å². The Kier molecular flexibility index (Phi) is 6.74. The Morgan fingerprint density at radius 3 is 2.39 bits per heavy atom. The lowest BCUT2D eigenvalue weighted by molar-refractivity contribution is -0.267. The van der Waals surface area contributed by atoms with Crippen molar-refractivity contribution in [3.63, 3.8) is 0 Å². The highest BCUT2D eigenvalue weighted by atomic mass is 35.5. The minimum Gasteiger partial charge on any atom is -0.384 e. The number of amidine groups is 1. The largest absolute Gasteiger partial charge is 0.416 e. The maximum atomic E-state index is 13.0. The van der Waals surface area contributed by atoms with Crippen molar-refractivity contribution in [1.29, 1.82) is 5.41 Å². The predicted molar refractivity (Wildman–Crippen MR) is 106 cm³/mol. The van der Waals surface area contributed by atoms with E-state index in [0.717, 1.165) is 19.5 Å². The van der Waals surface area contributed by atoms with Crippen LogP contribution in [0.15, 0.2) is 54.6 Å². The quantitative estimate of drug-likeness (QED) is 0.411. The fourth-order valence-electron chi connectivity index (χ4n) is 2.26. The van der Waals surface area contributed by atoms with E-state index < -0.39 is 11.8 Å². The molecule has 0 aliphatic carbocycles. The molecule has 2 rings (SSSR count). The average Bonchev–Trinajstić information content (AvgIpc) is 2.58. The third-order valence-electron chi connectivity index (χ3n) is 3.90. The van der Waals surface area contributed by atoms with Crippen molar-refractivity contribution < 1.29 is 17.9 Å². The zero-order valence-electron chi connectivity index (χ0n) is 15.4. The molecule has 8 heteroatoms. The van der Waals surface area contributed by atoms with E-state index in [4.69, 9.17) is 27.5 Å². The summed E-state index contributed by atoms with van der Waals surface area (Å²) < 4.78 is 44.1. The Labute approximate surface area is 166 Å². The Morgan fingerprint density at radius 2 is 1.82 bits per heavy atom. The maximum Gasteiger partial charge on any atom is 0.416 e. The molecule has 0 heterocycles. The standard InChI is InChI=1S/C20H21ClF3N3O/c1-19(2,20(22,23)24)28-12-13-8-14(10-15(21)9-13)17(11-18(25)26)27-16-6-4-3-5-7-16/h3-11,27H,12H2,1-2H3,(H3,25,26)/b17-11-. The van der Waals surface area contributed by atoms with Crippen molar-refractivity contribution >= 4 is 28.8 Å². The number of nitrogens with two attached hydrogens (primary N) is 1. The van der Waals surface area contributed by atoms with Crippen molar-refractivity contribution in [1.82, 2.24) is 0 Å². The second kappa shape index (κ2) is 8.67. The maximum absolute atomic E-state index is 13.0. The minimum absolute atomic E-state index is 0.186. The third kappa shape index (κ3) is 6.00. The summed E-state index contributed by atoms with van der Waals surface area (Å²) in [6.07, 6.45) is -3.09. The first-order valence-electron chi connectivity index (χ1n) is 8.36. The van der Waals surface area contributed by atoms with Gasteiger partial charge in [0.25, 0.3) is 0 Å². The van der Waals surface area contributed by atoms with Gasteiger partial charge >= 0.3 is 6.18 Å². The van der Waals surface area contributed by atoms with Crippen LogP contribution >= 0.6 is 11.6 Å². The van der Waals surface area contributed by atoms with E-state index in [1.54, 1.807) is 12.1 Å². The molecule has 28 heavy (non-hydrogen) atoms. The number of para-hydroxylation sites is 1. The Morgan fingerprint density at radius 1 is 1.18 bits per heavy atom. The van der Waals surface area contributed by atoms with Gasteiger partial charge in [0.2, 0.25) is 0 Å². The first-order valence-corrected chi connectivity index (χ1v) is 8.74. The van der Waals surface area contributed by atoms with Gasteiger partial charge in [-0.15, -0.1) is 0 Å². The Hall–Kier alpha value is -2.51. The van der Waals surface area contributed by atoms with E-state index >= 15 is 0 Å². The molecule has 0 radical (unpaired) electrons. The van der Waals surface area contributed by atoms with E-state index in [-0.39, 0.29) is 12.4 Å². The van der Waals surface area contributed by atoms with Gasteiger partial charge in [0.15, 0.2) is 5.60 Å². The monoisotopic (exact) mass is 411 g/mol. The summed E-state index contributed by atoms with van der Waals surface area (Å²) in [6, 6.07) is 14.0. The highest BCUT2D eigenvalue weighted by Gasteiger charge is 2.48. The molecule has 0 fully saturated rings. The topological polar surface area (TPSA) is 71.1 Å². The van der Waals surface area contributed by atoms with Gasteiger partial charge in [-0.1, -0.05) is 29.8 Å². The molecule has 0 saturated carbocycles. The van der Waals surface area contributed by atoms with E-state index in [1.165, 1.54) is 12.1 Å². The van der Waals surface area contributed by atoms with E-state index in [2.05, 4.69) is 5.32 Å². The molecule has 0 saturated heterocycles. The Bertz CT molecular complexity index is 865. The first-order chi connectivity index (χ1) is 13.0. The van der Waals surface area contributed by atoms with Crippen LogP contribution < -0.4 is 11.1 Å². The van der Waals surface area contributed by atoms with Crippen molar-refractivity contribution in [2.24, 2.45) is 5.73 Å². The summed E-state index contributed by atoms with van der Waals surface area (Å²) in [5.41, 5.74) is 5.48. The van der Waals surface area contributed by atoms with E-state index in [9.17, 15) is 13.2 Å². The molecule has 0 aliphatic rings. The second-order valence-corrected chi connectivity index (χ2v) is 7.09. The van der Waals surface area contributed by atoms with Crippen LogP contribution in [0.2, 0.25) is 5.02 Å². The molecule has 0 atom stereocenters. The van der Waals surface area contributed by atoms with Gasteiger partial charge in [0, 0.05) is 22.5 Å². The molecule has 4 nitrogen and oxygen atoms in total. The smallest absolute Gasteiger partial charge is 0.384 e. The zero-order valence-corrected chi connectivity index (χ0v) is 16.2. The SMILES string of the molecule is CC(C)(OCc1cc(Cl)cc(/C(=C/C(=N)N)Nc2ccccc2)c1)C(F)(F)F. The molecule has 0 aromatic heterocycles. The fourth-order valence-corrected chi connectivity index (χ4v) is 2.52. The summed E-state index contributed by atoms with van der Waals surface area (Å²) in [7, 11) is 0. The Balaban J connectivity index is 2.31. The molecular weight excluding hydrogens is 391 g/mol. The van der Waals surface area contributed by atoms with E-state index in [0.29, 0.717) is 21.8 Å². The third-order valence-corrected chi connectivity index (χ3v) is 4.12. The van der Waals surface area contributed by atoms with Gasteiger partial charge < -0.3 is 15.8 Å². The normalized spacial score (nSPS) is 12.7. The van der Waals surface area contributed by atoms with Crippen LogP contribution in [-0.2, 0) is 11.3 Å². The van der Waals surface area contributed by atoms with Gasteiger partial charge in [-0.05, 0) is 55.3 Å². The number of rotatable bonds is 7. The molecule has 0 spiro atoms. The lowest BCUT2D eigenvalue weighted by atomic mass is 10.1. The second-order valence-electron chi connectivity index (χ2n) is 6.65. The zero-order chi connectivity index (χ0) is 20.9. The van der Waals surface area contributed by atoms with Crippen LogP contribution in [0.4, 0.5) is 18.9 Å². The predicted octanol–water partition coefficient (Wildman–Crippen LogP) is 5.59. The molecule has 150 valence electrons. The number of alkyl halides is 3. The van der Waals surface area contributed by atoms with Gasteiger partial charge in [0.1, 0.15) is 5.84 Å². The molecule has 2 aromatic rings. The molecular formula is C20H21ClF3N3O. The summed E-state index contributed by atoms with van der Waals surface area (Å²) in [5.74, 6) is -0.186. The van der Waals surface area contributed by atoms with Crippen LogP contribution in [0.1, 0.15) is 25.0 Å². The lowest BCUT2D eigenvalue weighted by Gasteiger charge is -2.28. The van der Waals surface area contributed by atoms with Crippen molar-refractivity contribution in [3.8, 4) is 0 Å². The molecule has 0 aliphatic heterocycles. The molecule has 0 bridgehead atoms. The van der Waals surface area contributed by atoms with Crippen LogP contribution in [-0.4, -0.2) is 17.6 Å². The minimum atomic E-state index is -4.50. The fraction of sp³-hybridized carbons (Fsp3) is 0.250. The van der Waals surface area contributed by atoms with Crippen LogP contribution in [0.5, 0.6) is 0 Å². The lowest BCUT2D eigenvalue weighted by Crippen LogP contribution is -2.41. The van der Waals surface area contributed by atoms with Gasteiger partial charge in [0.05, 0.1) is 6.61 Å². The van der Waals surface area contributed by atoms with Crippen LogP contribution in [0.3, 0.4) is 0 Å². The molecule has 2 aromatic carbocycles. The van der Waals surface area contributed by atoms with E-state index in [1.807, 2.05) is 30.3 Å². The van der Waals surface area contributed by atoms with Crippen molar-refractivity contribution in [3.05, 3.63) is 70.8 Å². The number of nitrogens with one attached hydrogen (secondary N) is 2. The number of ether oxygens (including phenoxy) is 1. The van der Waals surface area contributed by atoms with Gasteiger partial charge in [-0.3, -0.25) is 5.41 Å². The van der Waals surface area contributed by atoms with Gasteiger partial charge in [-0.2, -0.15) is 13.2 Å². The molecule has 0 unspecified atom stereocenters. The summed E-state index contributed by atoms with van der Waals surface area (Å²) in [5, 5.41) is 11.0. The summed E-state index contributed by atoms with van der Waals surface area (Å²) in [6.45, 7) is 1.66. The highest BCUT2D eigenvalue weighted by molar-refractivity contribution is 6.30. The summed E-state index contributed by atoms with van der Waals surface area (Å²) in [4.78, 5) is 0. The van der Waals surface area contributed by atoms with Gasteiger partial charge in [-0.25, -0.2) is 0 Å². The molecule has 4 N–H and O–H groups in total. The average molecular weight is 412 g/mol. The number of hydrogen-bond donors (Lipinski definition) is 3. The number of hydrogen-bond acceptors (Lipinski definition) is 3.